The van der Waals surface area contributed by atoms with Crippen molar-refractivity contribution in [2.24, 2.45) is 0 Å². The Balaban J connectivity index is 2.11. The molecule has 1 amide bonds. The van der Waals surface area contributed by atoms with Crippen molar-refractivity contribution in [2.45, 2.75) is 23.1 Å². The smallest absolute Gasteiger partial charge is 0.223 e. The van der Waals surface area contributed by atoms with E-state index < -0.39 is 26.4 Å². The first-order chi connectivity index (χ1) is 14.1. The summed E-state index contributed by atoms with van der Waals surface area (Å²) in [7, 11) is -0.734. The molecule has 0 aromatic heterocycles. The monoisotopic (exact) mass is 437 g/mol. The van der Waals surface area contributed by atoms with Crippen molar-refractivity contribution in [2.75, 3.05) is 50.1 Å². The number of nitrogens with zero attached hydrogens (tertiary/aromatic N) is 3. The Morgan fingerprint density at radius 3 is 2.30 bits per heavy atom. The highest BCUT2D eigenvalue weighted by Crippen LogP contribution is 2.34. The van der Waals surface area contributed by atoms with Crippen molar-refractivity contribution in [3.8, 4) is 0 Å². The number of hydrogen-bond acceptors (Lipinski definition) is 5. The standard InChI is InChI=1S/C21H25F2N3O3S/c1-15(27)25(3)20-14-18(26-8-4-7-24(2)9-10-26)5-6-21(20)30(28,29)19-12-16(22)11-17(23)13-19/h5-6,11-14H,4,7-10H2,1-3H3. The average Bonchev–Trinajstić information content (AvgIpc) is 2.90. The van der Waals surface area contributed by atoms with Gasteiger partial charge in [0.15, 0.2) is 0 Å². The molecule has 1 fully saturated rings. The lowest BCUT2D eigenvalue weighted by Gasteiger charge is -2.26. The van der Waals surface area contributed by atoms with Gasteiger partial charge in [0.2, 0.25) is 15.7 Å². The lowest BCUT2D eigenvalue weighted by molar-refractivity contribution is -0.116. The Morgan fingerprint density at radius 1 is 1.00 bits per heavy atom. The van der Waals surface area contributed by atoms with Crippen LogP contribution in [0.2, 0.25) is 0 Å². The van der Waals surface area contributed by atoms with Crippen LogP contribution in [0.15, 0.2) is 46.2 Å². The molecule has 0 N–H and O–H groups in total. The summed E-state index contributed by atoms with van der Waals surface area (Å²) in [6, 6.07) is 6.88. The summed E-state index contributed by atoms with van der Waals surface area (Å²) in [5.74, 6) is -2.33. The van der Waals surface area contributed by atoms with E-state index in [0.717, 1.165) is 50.4 Å². The van der Waals surface area contributed by atoms with Gasteiger partial charge in [-0.1, -0.05) is 0 Å². The summed E-state index contributed by atoms with van der Waals surface area (Å²) in [4.78, 5) is 17.0. The second-order valence-electron chi connectivity index (χ2n) is 7.48. The highest BCUT2D eigenvalue weighted by Gasteiger charge is 2.27. The first-order valence-electron chi connectivity index (χ1n) is 9.62. The quantitative estimate of drug-likeness (QED) is 0.736. The second-order valence-corrected chi connectivity index (χ2v) is 9.40. The fraction of sp³-hybridized carbons (Fsp3) is 0.381. The molecular weight excluding hydrogens is 412 g/mol. The Kier molecular flexibility index (Phi) is 6.42. The molecule has 0 aliphatic carbocycles. The molecule has 1 saturated heterocycles. The van der Waals surface area contributed by atoms with Gasteiger partial charge in [-0.25, -0.2) is 17.2 Å². The molecule has 0 bridgehead atoms. The fourth-order valence-corrected chi connectivity index (χ4v) is 4.98. The van der Waals surface area contributed by atoms with Gasteiger partial charge in [0.1, 0.15) is 11.6 Å². The maximum absolute atomic E-state index is 13.7. The van der Waals surface area contributed by atoms with Gasteiger partial charge in [0.05, 0.1) is 15.5 Å². The molecular formula is C21H25F2N3O3S. The molecule has 6 nitrogen and oxygen atoms in total. The molecule has 0 radical (unpaired) electrons. The van der Waals surface area contributed by atoms with E-state index in [1.165, 1.54) is 24.9 Å². The molecule has 1 heterocycles. The highest BCUT2D eigenvalue weighted by atomic mass is 32.2. The first kappa shape index (κ1) is 22.2. The molecule has 1 aliphatic rings. The van der Waals surface area contributed by atoms with Crippen molar-refractivity contribution in [3.05, 3.63) is 48.0 Å². The minimum absolute atomic E-state index is 0.169. The number of anilines is 2. The van der Waals surface area contributed by atoms with Gasteiger partial charge < -0.3 is 14.7 Å². The molecule has 0 saturated carbocycles. The zero-order valence-corrected chi connectivity index (χ0v) is 18.0. The van der Waals surface area contributed by atoms with Crippen molar-refractivity contribution >= 4 is 27.1 Å². The van der Waals surface area contributed by atoms with E-state index >= 15 is 0 Å². The number of likely N-dealkylation sites (N-methyl/N-ethyl adjacent to an activating group) is 1. The summed E-state index contributed by atoms with van der Waals surface area (Å²) in [6.07, 6.45) is 0.955. The van der Waals surface area contributed by atoms with E-state index in [-0.39, 0.29) is 16.5 Å². The number of rotatable bonds is 4. The molecule has 1 aliphatic heterocycles. The van der Waals surface area contributed by atoms with Gasteiger partial charge in [0.25, 0.3) is 0 Å². The van der Waals surface area contributed by atoms with Crippen molar-refractivity contribution in [3.63, 3.8) is 0 Å². The molecule has 0 spiro atoms. The molecule has 30 heavy (non-hydrogen) atoms. The number of benzene rings is 2. The zero-order chi connectivity index (χ0) is 22.1. The minimum atomic E-state index is -4.26. The number of carbonyl (C=O) groups is 1. The van der Waals surface area contributed by atoms with Crippen LogP contribution in [-0.4, -0.2) is 59.5 Å². The molecule has 162 valence electrons. The van der Waals surface area contributed by atoms with Gasteiger partial charge >= 0.3 is 0 Å². The van der Waals surface area contributed by atoms with Crippen molar-refractivity contribution in [1.82, 2.24) is 4.90 Å². The summed E-state index contributed by atoms with van der Waals surface area (Å²) in [6.45, 7) is 4.72. The van der Waals surface area contributed by atoms with Crippen LogP contribution in [0, 0.1) is 11.6 Å². The van der Waals surface area contributed by atoms with Gasteiger partial charge in [-0.3, -0.25) is 4.79 Å². The normalized spacial score (nSPS) is 15.7. The summed E-state index contributed by atoms with van der Waals surface area (Å²) >= 11 is 0. The van der Waals surface area contributed by atoms with Crippen LogP contribution in [0.3, 0.4) is 0 Å². The first-order valence-corrected chi connectivity index (χ1v) is 11.1. The molecule has 0 atom stereocenters. The van der Waals surface area contributed by atoms with E-state index in [1.54, 1.807) is 12.1 Å². The van der Waals surface area contributed by atoms with Crippen molar-refractivity contribution < 1.29 is 22.0 Å². The number of amides is 1. The van der Waals surface area contributed by atoms with Gasteiger partial charge in [-0.05, 0) is 50.3 Å². The lowest BCUT2D eigenvalue weighted by atomic mass is 10.2. The van der Waals surface area contributed by atoms with Gasteiger partial charge in [0, 0.05) is 45.4 Å². The Bertz CT molecular complexity index is 1040. The SMILES string of the molecule is CC(=O)N(C)c1cc(N2CCCN(C)CC2)ccc1S(=O)(=O)c1cc(F)cc(F)c1. The largest absolute Gasteiger partial charge is 0.370 e. The van der Waals surface area contributed by atoms with E-state index in [4.69, 9.17) is 0 Å². The summed E-state index contributed by atoms with van der Waals surface area (Å²) in [5, 5.41) is 0. The van der Waals surface area contributed by atoms with Crippen LogP contribution >= 0.6 is 0 Å². The fourth-order valence-electron chi connectivity index (χ4n) is 3.48. The van der Waals surface area contributed by atoms with Crippen LogP contribution in [0.25, 0.3) is 0 Å². The van der Waals surface area contributed by atoms with Crippen LogP contribution in [0.1, 0.15) is 13.3 Å². The van der Waals surface area contributed by atoms with Gasteiger partial charge in [-0.15, -0.1) is 0 Å². The number of sulfone groups is 1. The second kappa shape index (κ2) is 8.69. The maximum Gasteiger partial charge on any atom is 0.223 e. The van der Waals surface area contributed by atoms with Crippen LogP contribution in [-0.2, 0) is 14.6 Å². The predicted octanol–water partition coefficient (Wildman–Crippen LogP) is 2.92. The minimum Gasteiger partial charge on any atom is -0.370 e. The Labute approximate surface area is 175 Å². The topological polar surface area (TPSA) is 60.9 Å². The van der Waals surface area contributed by atoms with Crippen molar-refractivity contribution in [1.29, 1.82) is 0 Å². The lowest BCUT2D eigenvalue weighted by Crippen LogP contribution is -2.30. The maximum atomic E-state index is 13.7. The highest BCUT2D eigenvalue weighted by molar-refractivity contribution is 7.91. The van der Waals surface area contributed by atoms with Crippen LogP contribution < -0.4 is 9.80 Å². The van der Waals surface area contributed by atoms with E-state index in [2.05, 4.69) is 9.80 Å². The Hall–Kier alpha value is -2.52. The third kappa shape index (κ3) is 4.62. The van der Waals surface area contributed by atoms with E-state index in [1.807, 2.05) is 7.05 Å². The predicted molar refractivity (Wildman–Crippen MR) is 112 cm³/mol. The Morgan fingerprint density at radius 2 is 1.67 bits per heavy atom. The number of halogens is 2. The number of carbonyl (C=O) groups excluding carboxylic acids is 1. The third-order valence-corrected chi connectivity index (χ3v) is 7.08. The molecule has 2 aromatic rings. The zero-order valence-electron chi connectivity index (χ0n) is 17.2. The summed E-state index contributed by atoms with van der Waals surface area (Å²) < 4.78 is 53.7. The number of hydrogen-bond donors (Lipinski definition) is 0. The molecule has 2 aromatic carbocycles. The summed E-state index contributed by atoms with van der Waals surface area (Å²) in [5.41, 5.74) is 0.958. The van der Waals surface area contributed by atoms with Crippen LogP contribution in [0.4, 0.5) is 20.2 Å². The molecule has 0 unspecified atom stereocenters. The van der Waals surface area contributed by atoms with Crippen LogP contribution in [0.5, 0.6) is 0 Å². The van der Waals surface area contributed by atoms with E-state index in [9.17, 15) is 22.0 Å². The van der Waals surface area contributed by atoms with E-state index in [0.29, 0.717) is 6.07 Å². The average molecular weight is 438 g/mol. The van der Waals surface area contributed by atoms with Gasteiger partial charge in [-0.2, -0.15) is 0 Å². The molecule has 3 rings (SSSR count). The third-order valence-electron chi connectivity index (χ3n) is 5.30. The molecule has 9 heteroatoms.